The third kappa shape index (κ3) is 3.52. The number of halogens is 3. The molecule has 0 saturated carbocycles. The molecule has 0 spiro atoms. The lowest BCUT2D eigenvalue weighted by atomic mass is 10.1. The van der Waals surface area contributed by atoms with Crippen LogP contribution in [0.3, 0.4) is 0 Å². The topological polar surface area (TPSA) is 85.0 Å². The summed E-state index contributed by atoms with van der Waals surface area (Å²) in [5.41, 5.74) is -2.83. The van der Waals surface area contributed by atoms with Crippen LogP contribution in [-0.4, -0.2) is 22.4 Å². The number of nitriles is 1. The minimum Gasteiger partial charge on any atom is -0.461 e. The van der Waals surface area contributed by atoms with Gasteiger partial charge in [0.2, 0.25) is 0 Å². The number of carbonyl (C=O) groups is 1. The molecular weight excluding hydrogens is 339 g/mol. The van der Waals surface area contributed by atoms with E-state index in [2.05, 4.69) is 5.10 Å². The van der Waals surface area contributed by atoms with Gasteiger partial charge in [-0.3, -0.25) is 4.79 Å². The van der Waals surface area contributed by atoms with Gasteiger partial charge in [-0.05, 0) is 32.0 Å². The molecule has 25 heavy (non-hydrogen) atoms. The van der Waals surface area contributed by atoms with Gasteiger partial charge in [0, 0.05) is 5.56 Å². The Morgan fingerprint density at radius 3 is 2.64 bits per heavy atom. The molecule has 2 aromatic rings. The van der Waals surface area contributed by atoms with Gasteiger partial charge in [0.25, 0.3) is 5.56 Å². The average molecular weight is 351 g/mol. The predicted octanol–water partition coefficient (Wildman–Crippen LogP) is 2.61. The van der Waals surface area contributed by atoms with Gasteiger partial charge in [-0.1, -0.05) is 6.07 Å². The number of aromatic nitrogens is 2. The molecule has 0 bridgehead atoms. The molecule has 0 aliphatic heterocycles. The first-order valence-corrected chi connectivity index (χ1v) is 7.09. The molecule has 1 heterocycles. The highest BCUT2D eigenvalue weighted by Gasteiger charge is 2.31. The molecule has 0 saturated heterocycles. The Bertz CT molecular complexity index is 927. The fraction of sp³-hybridized carbons (Fsp3) is 0.250. The number of hydrogen-bond donors (Lipinski definition) is 0. The molecule has 0 atom stereocenters. The van der Waals surface area contributed by atoms with Gasteiger partial charge in [-0.15, -0.1) is 0 Å². The van der Waals surface area contributed by atoms with Gasteiger partial charge in [-0.2, -0.15) is 28.2 Å². The molecule has 6 nitrogen and oxygen atoms in total. The summed E-state index contributed by atoms with van der Waals surface area (Å²) in [6, 6.07) is 5.51. The number of nitrogens with zero attached hydrogens (tertiary/aromatic N) is 3. The summed E-state index contributed by atoms with van der Waals surface area (Å²) in [6.07, 6.45) is -4.62. The Labute approximate surface area is 140 Å². The van der Waals surface area contributed by atoms with E-state index in [4.69, 9.17) is 10.00 Å². The molecule has 1 aromatic heterocycles. The van der Waals surface area contributed by atoms with Crippen molar-refractivity contribution in [3.8, 4) is 11.8 Å². The van der Waals surface area contributed by atoms with E-state index in [0.29, 0.717) is 10.7 Å². The number of alkyl halides is 3. The maximum absolute atomic E-state index is 12.9. The van der Waals surface area contributed by atoms with E-state index in [-0.39, 0.29) is 23.6 Å². The van der Waals surface area contributed by atoms with E-state index < -0.39 is 28.8 Å². The van der Waals surface area contributed by atoms with E-state index in [9.17, 15) is 22.8 Å². The summed E-state index contributed by atoms with van der Waals surface area (Å²) in [5, 5.41) is 13.0. The Balaban J connectivity index is 2.75. The molecule has 0 fully saturated rings. The van der Waals surface area contributed by atoms with Gasteiger partial charge >= 0.3 is 12.1 Å². The first kappa shape index (κ1) is 18.2. The summed E-state index contributed by atoms with van der Waals surface area (Å²) in [7, 11) is 0. The maximum atomic E-state index is 12.9. The summed E-state index contributed by atoms with van der Waals surface area (Å²) < 4.78 is 44.0. The van der Waals surface area contributed by atoms with Crippen LogP contribution in [0.1, 0.15) is 34.1 Å². The number of rotatable bonds is 3. The molecular formula is C16H12F3N3O3. The molecule has 0 aliphatic carbocycles. The van der Waals surface area contributed by atoms with Gasteiger partial charge in [0.15, 0.2) is 5.69 Å². The average Bonchev–Trinajstić information content (AvgIpc) is 2.55. The highest BCUT2D eigenvalue weighted by molar-refractivity contribution is 5.89. The van der Waals surface area contributed by atoms with E-state index in [1.165, 1.54) is 13.0 Å². The van der Waals surface area contributed by atoms with Gasteiger partial charge in [0.05, 0.1) is 17.9 Å². The van der Waals surface area contributed by atoms with Crippen molar-refractivity contribution in [2.24, 2.45) is 0 Å². The molecule has 0 unspecified atom stereocenters. The summed E-state index contributed by atoms with van der Waals surface area (Å²) in [4.78, 5) is 24.3. The predicted molar refractivity (Wildman–Crippen MR) is 80.2 cm³/mol. The first-order chi connectivity index (χ1) is 11.7. The van der Waals surface area contributed by atoms with Gasteiger partial charge in [0.1, 0.15) is 11.6 Å². The number of ether oxygens (including phenoxy) is 1. The molecule has 0 radical (unpaired) electrons. The first-order valence-electron chi connectivity index (χ1n) is 7.09. The second-order valence-electron chi connectivity index (χ2n) is 4.95. The van der Waals surface area contributed by atoms with E-state index in [1.54, 1.807) is 13.0 Å². The summed E-state index contributed by atoms with van der Waals surface area (Å²) in [6.45, 7) is 2.93. The van der Waals surface area contributed by atoms with Crippen LogP contribution in [0.5, 0.6) is 0 Å². The van der Waals surface area contributed by atoms with Gasteiger partial charge < -0.3 is 4.74 Å². The largest absolute Gasteiger partial charge is 0.461 e. The number of hydrogen-bond acceptors (Lipinski definition) is 5. The van der Waals surface area contributed by atoms with Crippen LogP contribution in [0, 0.1) is 18.3 Å². The monoisotopic (exact) mass is 351 g/mol. The molecule has 130 valence electrons. The van der Waals surface area contributed by atoms with Crippen molar-refractivity contribution >= 4 is 5.97 Å². The number of benzene rings is 1. The lowest BCUT2D eigenvalue weighted by Gasteiger charge is -2.12. The Hall–Kier alpha value is -3.15. The lowest BCUT2D eigenvalue weighted by molar-refractivity contribution is -0.137. The minimum absolute atomic E-state index is 0.00850. The highest BCUT2D eigenvalue weighted by atomic mass is 19.4. The van der Waals surface area contributed by atoms with Crippen molar-refractivity contribution in [3.05, 3.63) is 57.0 Å². The van der Waals surface area contributed by atoms with Crippen molar-refractivity contribution in [1.82, 2.24) is 9.78 Å². The molecule has 0 N–H and O–H groups in total. The second-order valence-corrected chi connectivity index (χ2v) is 4.95. The third-order valence-electron chi connectivity index (χ3n) is 3.34. The number of carbonyl (C=O) groups excluding carboxylic acids is 1. The van der Waals surface area contributed by atoms with Crippen LogP contribution in [0.15, 0.2) is 29.1 Å². The maximum Gasteiger partial charge on any atom is 0.416 e. The van der Waals surface area contributed by atoms with Crippen molar-refractivity contribution in [2.45, 2.75) is 20.0 Å². The Morgan fingerprint density at radius 1 is 1.40 bits per heavy atom. The Morgan fingerprint density at radius 2 is 2.08 bits per heavy atom. The zero-order valence-corrected chi connectivity index (χ0v) is 13.2. The van der Waals surface area contributed by atoms with Crippen LogP contribution in [0.4, 0.5) is 13.2 Å². The van der Waals surface area contributed by atoms with Crippen LogP contribution in [0.25, 0.3) is 5.69 Å². The van der Waals surface area contributed by atoms with Crippen LogP contribution < -0.4 is 5.56 Å². The fourth-order valence-electron chi connectivity index (χ4n) is 2.12. The van der Waals surface area contributed by atoms with Crippen LogP contribution in [-0.2, 0) is 10.9 Å². The number of esters is 1. The quantitative estimate of drug-likeness (QED) is 0.794. The standard InChI is InChI=1S/C16H12F3N3O3/c1-3-25-15(24)13-9(2)12(8-20)14(23)22(21-13)11-6-4-5-10(7-11)16(17,18)19/h4-7H,3H2,1-2H3. The fourth-order valence-corrected chi connectivity index (χ4v) is 2.12. The van der Waals surface area contributed by atoms with E-state index in [1.807, 2.05) is 0 Å². The Kier molecular flexibility index (Phi) is 4.92. The normalized spacial score (nSPS) is 11.0. The lowest BCUT2D eigenvalue weighted by Crippen LogP contribution is -2.29. The second kappa shape index (κ2) is 6.76. The molecule has 1 aromatic carbocycles. The molecule has 2 rings (SSSR count). The van der Waals surface area contributed by atoms with Crippen molar-refractivity contribution in [2.75, 3.05) is 6.61 Å². The highest BCUT2D eigenvalue weighted by Crippen LogP contribution is 2.30. The SMILES string of the molecule is CCOC(=O)c1nn(-c2cccc(C(F)(F)F)c2)c(=O)c(C#N)c1C. The molecule has 9 heteroatoms. The van der Waals surface area contributed by atoms with Crippen LogP contribution >= 0.6 is 0 Å². The van der Waals surface area contributed by atoms with Crippen molar-refractivity contribution in [1.29, 1.82) is 5.26 Å². The third-order valence-corrected chi connectivity index (χ3v) is 3.34. The van der Waals surface area contributed by atoms with Crippen molar-refractivity contribution < 1.29 is 22.7 Å². The smallest absolute Gasteiger partial charge is 0.416 e. The summed E-state index contributed by atoms with van der Waals surface area (Å²) in [5.74, 6) is -0.878. The van der Waals surface area contributed by atoms with Gasteiger partial charge in [-0.25, -0.2) is 4.79 Å². The zero-order chi connectivity index (χ0) is 18.8. The zero-order valence-electron chi connectivity index (χ0n) is 13.2. The minimum atomic E-state index is -4.62. The van der Waals surface area contributed by atoms with Crippen LogP contribution in [0.2, 0.25) is 0 Å². The molecule has 0 amide bonds. The summed E-state index contributed by atoms with van der Waals surface area (Å²) >= 11 is 0. The van der Waals surface area contributed by atoms with Crippen molar-refractivity contribution in [3.63, 3.8) is 0 Å². The van der Waals surface area contributed by atoms with E-state index in [0.717, 1.165) is 12.1 Å². The molecule has 0 aliphatic rings. The van der Waals surface area contributed by atoms with E-state index >= 15 is 0 Å².